The van der Waals surface area contributed by atoms with Gasteiger partial charge in [0.25, 0.3) is 0 Å². The summed E-state index contributed by atoms with van der Waals surface area (Å²) in [4.78, 5) is 23.5. The Morgan fingerprint density at radius 1 is 1.27 bits per heavy atom. The number of fused-ring (bicyclic) bond motifs is 1. The number of carbonyl (C=O) groups excluding carboxylic acids is 1. The van der Waals surface area contributed by atoms with Crippen LogP contribution in [0.15, 0.2) is 33.7 Å². The first kappa shape index (κ1) is 16.1. The van der Waals surface area contributed by atoms with Gasteiger partial charge in [0.05, 0.1) is 18.3 Å². The number of esters is 1. The molecule has 0 atom stereocenters. The zero-order valence-corrected chi connectivity index (χ0v) is 12.6. The third-order valence-corrected chi connectivity index (χ3v) is 3.46. The molecule has 0 aliphatic carbocycles. The van der Waals surface area contributed by atoms with Crippen molar-refractivity contribution in [2.45, 2.75) is 39.0 Å². The van der Waals surface area contributed by atoms with Crippen molar-refractivity contribution in [3.63, 3.8) is 0 Å². The molecule has 0 saturated heterocycles. The van der Waals surface area contributed by atoms with Gasteiger partial charge >= 0.3 is 5.97 Å². The first-order valence-electron chi connectivity index (χ1n) is 7.51. The second-order valence-electron chi connectivity index (χ2n) is 5.14. The minimum absolute atomic E-state index is 0.0633. The van der Waals surface area contributed by atoms with Gasteiger partial charge in [-0.2, -0.15) is 0 Å². The highest BCUT2D eigenvalue weighted by Gasteiger charge is 2.08. The quantitative estimate of drug-likeness (QED) is 0.628. The van der Waals surface area contributed by atoms with Crippen molar-refractivity contribution in [1.29, 1.82) is 0 Å². The molecule has 0 bridgehead atoms. The molecule has 0 amide bonds. The first-order valence-corrected chi connectivity index (χ1v) is 7.51. The van der Waals surface area contributed by atoms with Gasteiger partial charge in [-0.1, -0.05) is 6.42 Å². The molecule has 1 N–H and O–H groups in total. The van der Waals surface area contributed by atoms with Crippen molar-refractivity contribution in [2.24, 2.45) is 0 Å². The highest BCUT2D eigenvalue weighted by Crippen LogP contribution is 2.18. The van der Waals surface area contributed by atoms with Crippen molar-refractivity contribution >= 4 is 16.9 Å². The smallest absolute Gasteiger partial charge is 0.305 e. The number of benzene rings is 1. The van der Waals surface area contributed by atoms with Crippen molar-refractivity contribution in [3.8, 4) is 5.75 Å². The Morgan fingerprint density at radius 2 is 2.09 bits per heavy atom. The summed E-state index contributed by atoms with van der Waals surface area (Å²) in [5.41, 5.74) is 0.942. The summed E-state index contributed by atoms with van der Waals surface area (Å²) < 4.78 is 10.3. The number of hydrogen-bond donors (Lipinski definition) is 1. The molecule has 5 nitrogen and oxygen atoms in total. The molecule has 0 unspecified atom stereocenters. The molecule has 1 aromatic heterocycles. The molecule has 0 saturated carbocycles. The molecule has 2 aromatic rings. The van der Waals surface area contributed by atoms with Crippen LogP contribution in [0.1, 0.15) is 38.2 Å². The number of hydrogen-bond acceptors (Lipinski definition) is 5. The normalized spacial score (nSPS) is 10.8. The highest BCUT2D eigenvalue weighted by atomic mass is 16.5. The number of phenolic OH excluding ortho intramolecular Hbond substituents is 1. The average molecular weight is 304 g/mol. The molecular weight excluding hydrogens is 284 g/mol. The number of carbonyl (C=O) groups is 1. The molecule has 22 heavy (non-hydrogen) atoms. The van der Waals surface area contributed by atoms with Crippen molar-refractivity contribution < 1.29 is 19.1 Å². The lowest BCUT2D eigenvalue weighted by Gasteiger charge is -2.04. The molecule has 0 aliphatic heterocycles. The van der Waals surface area contributed by atoms with E-state index in [4.69, 9.17) is 9.15 Å². The molecule has 1 aromatic carbocycles. The third-order valence-electron chi connectivity index (χ3n) is 3.46. The maximum Gasteiger partial charge on any atom is 0.305 e. The fourth-order valence-electron chi connectivity index (χ4n) is 2.32. The average Bonchev–Trinajstić information content (AvgIpc) is 2.49. The summed E-state index contributed by atoms with van der Waals surface area (Å²) >= 11 is 0. The lowest BCUT2D eigenvalue weighted by atomic mass is 10.1. The number of rotatable bonds is 7. The fourth-order valence-corrected chi connectivity index (χ4v) is 2.32. The Balaban J connectivity index is 1.90. The SMILES string of the molecule is CCOC(=O)CCCCCc1coc2cc(O)ccc2c1=O. The molecule has 0 spiro atoms. The Morgan fingerprint density at radius 3 is 2.86 bits per heavy atom. The topological polar surface area (TPSA) is 76.7 Å². The van der Waals surface area contributed by atoms with Gasteiger partial charge in [0, 0.05) is 18.1 Å². The maximum atomic E-state index is 12.3. The molecule has 118 valence electrons. The molecular formula is C17H20O5. The zero-order valence-electron chi connectivity index (χ0n) is 12.6. The zero-order chi connectivity index (χ0) is 15.9. The minimum Gasteiger partial charge on any atom is -0.508 e. The molecule has 1 heterocycles. The van der Waals surface area contributed by atoms with Gasteiger partial charge in [0.15, 0.2) is 5.43 Å². The monoisotopic (exact) mass is 304 g/mol. The van der Waals surface area contributed by atoms with Gasteiger partial charge in [-0.15, -0.1) is 0 Å². The molecule has 0 aliphatic rings. The number of ether oxygens (including phenoxy) is 1. The summed E-state index contributed by atoms with van der Waals surface area (Å²) in [6.45, 7) is 2.20. The summed E-state index contributed by atoms with van der Waals surface area (Å²) in [7, 11) is 0. The Hall–Kier alpha value is -2.30. The van der Waals surface area contributed by atoms with E-state index in [1.165, 1.54) is 18.4 Å². The van der Waals surface area contributed by atoms with Crippen LogP contribution in [-0.2, 0) is 16.0 Å². The lowest BCUT2D eigenvalue weighted by molar-refractivity contribution is -0.143. The summed E-state index contributed by atoms with van der Waals surface area (Å²) in [5, 5.41) is 9.85. The predicted octanol–water partition coefficient (Wildman–Crippen LogP) is 3.16. The van der Waals surface area contributed by atoms with Crippen LogP contribution < -0.4 is 5.43 Å². The van der Waals surface area contributed by atoms with E-state index in [1.807, 2.05) is 0 Å². The highest BCUT2D eigenvalue weighted by molar-refractivity contribution is 5.78. The number of aromatic hydroxyl groups is 1. The Bertz CT molecular complexity index is 702. The fraction of sp³-hybridized carbons (Fsp3) is 0.412. The largest absolute Gasteiger partial charge is 0.508 e. The van der Waals surface area contributed by atoms with Gasteiger partial charge in [0.1, 0.15) is 11.3 Å². The van der Waals surface area contributed by atoms with Crippen LogP contribution in [0.3, 0.4) is 0 Å². The van der Waals surface area contributed by atoms with E-state index < -0.39 is 0 Å². The van der Waals surface area contributed by atoms with Crippen LogP contribution in [0.4, 0.5) is 0 Å². The van der Waals surface area contributed by atoms with Crippen LogP contribution in [0.25, 0.3) is 11.0 Å². The van der Waals surface area contributed by atoms with Crippen LogP contribution in [0, 0.1) is 0 Å². The predicted molar refractivity (Wildman–Crippen MR) is 83.0 cm³/mol. The summed E-state index contributed by atoms with van der Waals surface area (Å²) in [6, 6.07) is 4.48. The van der Waals surface area contributed by atoms with Gasteiger partial charge in [0.2, 0.25) is 0 Å². The molecule has 0 radical (unpaired) electrons. The second-order valence-corrected chi connectivity index (χ2v) is 5.14. The van der Waals surface area contributed by atoms with E-state index in [0.717, 1.165) is 19.3 Å². The van der Waals surface area contributed by atoms with E-state index in [1.54, 1.807) is 13.0 Å². The number of aryl methyl sites for hydroxylation is 1. The van der Waals surface area contributed by atoms with Crippen LogP contribution in [-0.4, -0.2) is 17.7 Å². The van der Waals surface area contributed by atoms with Crippen LogP contribution in [0.2, 0.25) is 0 Å². The standard InChI is InChI=1S/C17H20O5/c1-2-21-16(19)7-5-3-4-6-12-11-22-15-10-13(18)8-9-14(15)17(12)20/h8-11,18H,2-7H2,1H3. The molecule has 2 rings (SSSR count). The van der Waals surface area contributed by atoms with Crippen molar-refractivity contribution in [1.82, 2.24) is 0 Å². The first-order chi connectivity index (χ1) is 10.6. The van der Waals surface area contributed by atoms with Crippen molar-refractivity contribution in [2.75, 3.05) is 6.61 Å². The van der Waals surface area contributed by atoms with E-state index in [9.17, 15) is 14.7 Å². The van der Waals surface area contributed by atoms with Gasteiger partial charge in [-0.3, -0.25) is 9.59 Å². The molecule has 5 heteroatoms. The molecule has 0 fully saturated rings. The van der Waals surface area contributed by atoms with E-state index in [2.05, 4.69) is 0 Å². The van der Waals surface area contributed by atoms with E-state index in [0.29, 0.717) is 36.0 Å². The van der Waals surface area contributed by atoms with Crippen molar-refractivity contribution in [3.05, 3.63) is 40.2 Å². The number of phenols is 1. The van der Waals surface area contributed by atoms with Crippen LogP contribution >= 0.6 is 0 Å². The van der Waals surface area contributed by atoms with Gasteiger partial charge < -0.3 is 14.3 Å². The summed E-state index contributed by atoms with van der Waals surface area (Å²) in [5.74, 6) is -0.102. The third kappa shape index (κ3) is 4.10. The van der Waals surface area contributed by atoms with E-state index >= 15 is 0 Å². The lowest BCUT2D eigenvalue weighted by Crippen LogP contribution is -2.08. The van der Waals surface area contributed by atoms with Crippen LogP contribution in [0.5, 0.6) is 5.75 Å². The van der Waals surface area contributed by atoms with Gasteiger partial charge in [-0.25, -0.2) is 0 Å². The number of unbranched alkanes of at least 4 members (excludes halogenated alkanes) is 2. The summed E-state index contributed by atoms with van der Waals surface area (Å²) in [6.07, 6.45) is 4.90. The Labute approximate surface area is 128 Å². The maximum absolute atomic E-state index is 12.3. The van der Waals surface area contributed by atoms with E-state index in [-0.39, 0.29) is 17.1 Å². The minimum atomic E-state index is -0.174. The van der Waals surface area contributed by atoms with Gasteiger partial charge in [-0.05, 0) is 38.3 Å². The second kappa shape index (κ2) is 7.64. The Kier molecular flexibility index (Phi) is 5.58.